The average Bonchev–Trinajstić information content (AvgIpc) is 2.37. The molecule has 0 bridgehead atoms. The number of ether oxygens (including phenoxy) is 1. The average molecular weight is 232 g/mol. The summed E-state index contributed by atoms with van der Waals surface area (Å²) < 4.78 is 5.47. The number of carbonyl (C=O) groups excluding carboxylic acids is 1. The summed E-state index contributed by atoms with van der Waals surface area (Å²) >= 11 is 0. The van der Waals surface area contributed by atoms with Gasteiger partial charge in [0.15, 0.2) is 0 Å². The van der Waals surface area contributed by atoms with E-state index in [1.54, 1.807) is 7.11 Å². The summed E-state index contributed by atoms with van der Waals surface area (Å²) in [6.45, 7) is 2.16. The van der Waals surface area contributed by atoms with Gasteiger partial charge in [0.1, 0.15) is 12.0 Å². The fraction of sp³-hybridized carbons (Fsp3) is 0.533. The number of benzene rings is 1. The van der Waals surface area contributed by atoms with Crippen molar-refractivity contribution in [1.82, 2.24) is 0 Å². The van der Waals surface area contributed by atoms with Crippen LogP contribution in [0.2, 0.25) is 0 Å². The lowest BCUT2D eigenvalue weighted by molar-refractivity contribution is -0.107. The van der Waals surface area contributed by atoms with Crippen molar-refractivity contribution in [1.29, 1.82) is 0 Å². The van der Waals surface area contributed by atoms with Gasteiger partial charge in [0.25, 0.3) is 0 Å². The molecule has 92 valence electrons. The molecule has 0 aromatic heterocycles. The number of methoxy groups -OCH3 is 1. The van der Waals surface area contributed by atoms with Crippen molar-refractivity contribution in [2.75, 3.05) is 7.11 Å². The Bertz CT molecular complexity index is 421. The van der Waals surface area contributed by atoms with Crippen LogP contribution in [0, 0.1) is 6.92 Å². The van der Waals surface area contributed by atoms with Crippen molar-refractivity contribution in [3.05, 3.63) is 28.3 Å². The number of hydrogen-bond acceptors (Lipinski definition) is 2. The summed E-state index contributed by atoms with van der Waals surface area (Å²) in [4.78, 5) is 10.6. The molecule has 1 aromatic carbocycles. The molecule has 1 aromatic rings. The van der Waals surface area contributed by atoms with Gasteiger partial charge in [-0.3, -0.25) is 0 Å². The Morgan fingerprint density at radius 1 is 1.29 bits per heavy atom. The van der Waals surface area contributed by atoms with E-state index in [0.717, 1.165) is 24.9 Å². The number of rotatable bonds is 4. The molecule has 0 radical (unpaired) electrons. The second-order valence-corrected chi connectivity index (χ2v) is 4.74. The van der Waals surface area contributed by atoms with Gasteiger partial charge >= 0.3 is 0 Å². The van der Waals surface area contributed by atoms with Gasteiger partial charge in [-0.15, -0.1) is 0 Å². The quantitative estimate of drug-likeness (QED) is 0.746. The highest BCUT2D eigenvalue weighted by Crippen LogP contribution is 2.34. The normalized spacial score (nSPS) is 14.2. The molecular formula is C15H20O2. The second kappa shape index (κ2) is 5.35. The zero-order valence-electron chi connectivity index (χ0n) is 10.7. The van der Waals surface area contributed by atoms with E-state index in [0.29, 0.717) is 6.42 Å². The SMILES string of the molecule is COc1cc(C)c2c(c1CCC=O)CCCC2. The Morgan fingerprint density at radius 3 is 2.65 bits per heavy atom. The van der Waals surface area contributed by atoms with Gasteiger partial charge in [-0.05, 0) is 67.3 Å². The Kier molecular flexibility index (Phi) is 3.82. The van der Waals surface area contributed by atoms with Crippen molar-refractivity contribution in [2.24, 2.45) is 0 Å². The van der Waals surface area contributed by atoms with E-state index >= 15 is 0 Å². The molecule has 0 amide bonds. The zero-order chi connectivity index (χ0) is 12.3. The van der Waals surface area contributed by atoms with Crippen LogP contribution in [0.25, 0.3) is 0 Å². The van der Waals surface area contributed by atoms with Gasteiger partial charge in [0, 0.05) is 6.42 Å². The summed E-state index contributed by atoms with van der Waals surface area (Å²) in [5, 5.41) is 0. The third-order valence-electron chi connectivity index (χ3n) is 3.69. The van der Waals surface area contributed by atoms with Crippen LogP contribution >= 0.6 is 0 Å². The van der Waals surface area contributed by atoms with Gasteiger partial charge in [-0.2, -0.15) is 0 Å². The molecule has 0 aliphatic heterocycles. The summed E-state index contributed by atoms with van der Waals surface area (Å²) in [7, 11) is 1.72. The van der Waals surface area contributed by atoms with Crippen LogP contribution in [0.15, 0.2) is 6.07 Å². The minimum absolute atomic E-state index is 0.589. The predicted octanol–water partition coefficient (Wildman–Crippen LogP) is 3.01. The Hall–Kier alpha value is -1.31. The minimum atomic E-state index is 0.589. The summed E-state index contributed by atoms with van der Waals surface area (Å²) in [6.07, 6.45) is 7.26. The molecule has 0 fully saturated rings. The van der Waals surface area contributed by atoms with Crippen LogP contribution in [0.3, 0.4) is 0 Å². The van der Waals surface area contributed by atoms with Crippen molar-refractivity contribution in [3.8, 4) is 5.75 Å². The summed E-state index contributed by atoms with van der Waals surface area (Å²) in [5.74, 6) is 0.963. The molecule has 2 nitrogen and oxygen atoms in total. The topological polar surface area (TPSA) is 26.3 Å². The molecule has 1 aliphatic rings. The van der Waals surface area contributed by atoms with E-state index in [1.165, 1.54) is 41.5 Å². The molecule has 0 unspecified atom stereocenters. The maximum absolute atomic E-state index is 10.6. The molecule has 2 rings (SSSR count). The monoisotopic (exact) mass is 232 g/mol. The van der Waals surface area contributed by atoms with Crippen LogP contribution in [-0.2, 0) is 24.1 Å². The highest BCUT2D eigenvalue weighted by atomic mass is 16.5. The molecule has 0 saturated heterocycles. The molecule has 2 heteroatoms. The highest BCUT2D eigenvalue weighted by molar-refractivity contribution is 5.54. The number of fused-ring (bicyclic) bond motifs is 1. The number of carbonyl (C=O) groups is 1. The fourth-order valence-electron chi connectivity index (χ4n) is 2.85. The van der Waals surface area contributed by atoms with E-state index < -0.39 is 0 Å². The van der Waals surface area contributed by atoms with Crippen LogP contribution in [0.4, 0.5) is 0 Å². The smallest absolute Gasteiger partial charge is 0.122 e. The van der Waals surface area contributed by atoms with Gasteiger partial charge in [-0.25, -0.2) is 0 Å². The Labute approximate surface area is 103 Å². The van der Waals surface area contributed by atoms with Crippen molar-refractivity contribution >= 4 is 6.29 Å². The molecule has 0 saturated carbocycles. The van der Waals surface area contributed by atoms with E-state index in [2.05, 4.69) is 13.0 Å². The predicted molar refractivity (Wildman–Crippen MR) is 68.8 cm³/mol. The van der Waals surface area contributed by atoms with E-state index in [-0.39, 0.29) is 0 Å². The van der Waals surface area contributed by atoms with Crippen LogP contribution in [0.1, 0.15) is 41.5 Å². The van der Waals surface area contributed by atoms with Gasteiger partial charge in [-0.1, -0.05) is 0 Å². The van der Waals surface area contributed by atoms with Gasteiger partial charge in [0.05, 0.1) is 7.11 Å². The van der Waals surface area contributed by atoms with Crippen molar-refractivity contribution < 1.29 is 9.53 Å². The van der Waals surface area contributed by atoms with E-state index in [1.807, 2.05) is 0 Å². The number of hydrogen-bond donors (Lipinski definition) is 0. The first-order valence-corrected chi connectivity index (χ1v) is 6.39. The Morgan fingerprint density at radius 2 is 2.00 bits per heavy atom. The molecule has 0 atom stereocenters. The first-order chi connectivity index (χ1) is 8.27. The lowest BCUT2D eigenvalue weighted by Gasteiger charge is -2.23. The molecule has 1 aliphatic carbocycles. The molecule has 0 N–H and O–H groups in total. The maximum Gasteiger partial charge on any atom is 0.122 e. The van der Waals surface area contributed by atoms with E-state index in [4.69, 9.17) is 4.74 Å². The van der Waals surface area contributed by atoms with Crippen molar-refractivity contribution in [3.63, 3.8) is 0 Å². The standard InChI is InChI=1S/C15H20O2/c1-11-10-15(17-2)14(8-5-9-16)13-7-4-3-6-12(11)13/h9-10H,3-8H2,1-2H3. The molecule has 0 spiro atoms. The zero-order valence-corrected chi connectivity index (χ0v) is 10.7. The molecule has 17 heavy (non-hydrogen) atoms. The molecular weight excluding hydrogens is 212 g/mol. The van der Waals surface area contributed by atoms with Crippen LogP contribution in [0.5, 0.6) is 5.75 Å². The van der Waals surface area contributed by atoms with Crippen LogP contribution < -0.4 is 4.74 Å². The third kappa shape index (κ3) is 2.36. The number of aldehydes is 1. The molecule has 0 heterocycles. The minimum Gasteiger partial charge on any atom is -0.496 e. The first kappa shape index (κ1) is 12.2. The first-order valence-electron chi connectivity index (χ1n) is 6.39. The largest absolute Gasteiger partial charge is 0.496 e. The second-order valence-electron chi connectivity index (χ2n) is 4.74. The summed E-state index contributed by atoms with van der Waals surface area (Å²) in [5.41, 5.74) is 5.55. The lowest BCUT2D eigenvalue weighted by Crippen LogP contribution is -2.10. The number of aryl methyl sites for hydroxylation is 1. The summed E-state index contributed by atoms with van der Waals surface area (Å²) in [6, 6.07) is 2.13. The maximum atomic E-state index is 10.6. The third-order valence-corrected chi connectivity index (χ3v) is 3.69. The fourth-order valence-corrected chi connectivity index (χ4v) is 2.85. The van der Waals surface area contributed by atoms with Gasteiger partial charge < -0.3 is 9.53 Å². The van der Waals surface area contributed by atoms with Gasteiger partial charge in [0.2, 0.25) is 0 Å². The Balaban J connectivity index is 2.48. The van der Waals surface area contributed by atoms with Crippen LogP contribution in [-0.4, -0.2) is 13.4 Å². The lowest BCUT2D eigenvalue weighted by atomic mass is 9.84. The highest BCUT2D eigenvalue weighted by Gasteiger charge is 2.18. The van der Waals surface area contributed by atoms with E-state index in [9.17, 15) is 4.79 Å². The van der Waals surface area contributed by atoms with Crippen molar-refractivity contribution in [2.45, 2.75) is 45.4 Å².